The number of carbonyl (C=O) groups is 1. The van der Waals surface area contributed by atoms with Crippen LogP contribution in [0.4, 0.5) is 4.39 Å². The quantitative estimate of drug-likeness (QED) is 0.432. The molecule has 3 N–H and O–H groups in total. The van der Waals surface area contributed by atoms with Gasteiger partial charge in [-0.3, -0.25) is 0 Å². The summed E-state index contributed by atoms with van der Waals surface area (Å²) in [6.45, 7) is 0.223. The molecule has 1 fully saturated rings. The monoisotopic (exact) mass is 164 g/mol. The van der Waals surface area contributed by atoms with Gasteiger partial charge in [-0.15, -0.1) is 0 Å². The lowest BCUT2D eigenvalue weighted by Gasteiger charge is -2.06. The summed E-state index contributed by atoms with van der Waals surface area (Å²) in [4.78, 5) is 10.8. The summed E-state index contributed by atoms with van der Waals surface area (Å²) in [5.74, 6) is -0.617. The molecule has 64 valence electrons. The topological polar surface area (TPSA) is 63.1 Å². The van der Waals surface area contributed by atoms with Crippen LogP contribution in [0, 0.1) is 0 Å². The van der Waals surface area contributed by atoms with Crippen LogP contribution in [0.3, 0.4) is 0 Å². The zero-order chi connectivity index (χ0) is 8.43. The van der Waals surface area contributed by atoms with E-state index >= 15 is 0 Å². The summed E-state index contributed by atoms with van der Waals surface area (Å²) in [6.07, 6.45) is -2.54. The van der Waals surface area contributed by atoms with Crippen molar-refractivity contribution in [1.82, 2.24) is 0 Å². The molecule has 0 spiro atoms. The highest BCUT2D eigenvalue weighted by Crippen LogP contribution is 2.06. The molecule has 1 heterocycles. The molecule has 0 aromatic rings. The van der Waals surface area contributed by atoms with Crippen LogP contribution in [0.1, 0.15) is 0 Å². The third-order valence-electron chi connectivity index (χ3n) is 1.82. The maximum absolute atomic E-state index is 12.8. The number of hydrogen-bond donors (Lipinski definition) is 2. The van der Waals surface area contributed by atoms with E-state index in [1.54, 1.807) is 0 Å². The second kappa shape index (κ2) is 3.15. The largest absolute Gasteiger partial charge is 0.465 e. The van der Waals surface area contributed by atoms with E-state index < -0.39 is 24.3 Å². The fraction of sp³-hybridized carbons (Fsp3) is 0.833. The first kappa shape index (κ1) is 8.42. The summed E-state index contributed by atoms with van der Waals surface area (Å²) in [6, 6.07) is -0.880. The normalized spacial score (nSPS) is 37.2. The number of methoxy groups -OCH3 is 1. The molecule has 1 aliphatic heterocycles. The Morgan fingerprint density at radius 2 is 2.45 bits per heavy atom. The lowest BCUT2D eigenvalue weighted by Crippen LogP contribution is -2.90. The van der Waals surface area contributed by atoms with Crippen molar-refractivity contribution in [3.05, 3.63) is 0 Å². The summed E-state index contributed by atoms with van der Waals surface area (Å²) in [5, 5.41) is 10.3. The molecule has 4 nitrogen and oxygen atoms in total. The Labute approximate surface area is 63.3 Å². The number of nitrogens with two attached hydrogens (primary N) is 1. The highest BCUT2D eigenvalue weighted by molar-refractivity contribution is 5.75. The molecule has 1 saturated heterocycles. The number of aliphatic hydroxyl groups excluding tert-OH is 1. The van der Waals surface area contributed by atoms with Gasteiger partial charge in [0.1, 0.15) is 12.6 Å². The van der Waals surface area contributed by atoms with Crippen LogP contribution < -0.4 is 5.32 Å². The van der Waals surface area contributed by atoms with E-state index in [0.717, 1.165) is 0 Å². The van der Waals surface area contributed by atoms with Crippen molar-refractivity contribution in [2.24, 2.45) is 0 Å². The first-order chi connectivity index (χ1) is 5.16. The summed E-state index contributed by atoms with van der Waals surface area (Å²) in [7, 11) is 1.20. The Balaban J connectivity index is 2.54. The number of hydrogen-bond acceptors (Lipinski definition) is 3. The molecule has 0 amide bonds. The predicted octanol–water partition coefficient (Wildman–Crippen LogP) is -2.20. The van der Waals surface area contributed by atoms with Gasteiger partial charge in [-0.05, 0) is 0 Å². The Morgan fingerprint density at radius 1 is 1.82 bits per heavy atom. The van der Waals surface area contributed by atoms with E-state index in [0.29, 0.717) is 0 Å². The number of esters is 1. The van der Waals surface area contributed by atoms with E-state index in [2.05, 4.69) is 4.74 Å². The zero-order valence-electron chi connectivity index (χ0n) is 6.16. The van der Waals surface area contributed by atoms with Gasteiger partial charge in [0.25, 0.3) is 0 Å². The third kappa shape index (κ3) is 1.49. The Kier molecular flexibility index (Phi) is 2.41. The number of rotatable bonds is 1. The van der Waals surface area contributed by atoms with Gasteiger partial charge in [0, 0.05) is 0 Å². The summed E-state index contributed by atoms with van der Waals surface area (Å²) < 4.78 is 17.2. The van der Waals surface area contributed by atoms with Gasteiger partial charge in [-0.1, -0.05) is 0 Å². The van der Waals surface area contributed by atoms with Crippen LogP contribution in [-0.2, 0) is 9.53 Å². The van der Waals surface area contributed by atoms with E-state index in [1.165, 1.54) is 12.4 Å². The number of aliphatic hydroxyl groups is 1. The number of carbonyl (C=O) groups excluding carboxylic acids is 1. The fourth-order valence-corrected chi connectivity index (χ4v) is 1.15. The van der Waals surface area contributed by atoms with E-state index in [1.807, 2.05) is 0 Å². The van der Waals surface area contributed by atoms with Crippen LogP contribution in [0.25, 0.3) is 0 Å². The standard InChI is InChI=1S/C6H10FNO3/c1-11-6(10)5-4(7)3(9)2-8-5/h3-5,8-9H,2H2,1H3/p+1/t3-,4-,5+/m1/s1. The van der Waals surface area contributed by atoms with Gasteiger partial charge in [-0.2, -0.15) is 0 Å². The van der Waals surface area contributed by atoms with Crippen LogP contribution in [-0.4, -0.2) is 43.0 Å². The average molecular weight is 164 g/mol. The molecular formula is C6H11FNO3+. The van der Waals surface area contributed by atoms with Crippen LogP contribution >= 0.6 is 0 Å². The molecule has 0 bridgehead atoms. The number of alkyl halides is 1. The van der Waals surface area contributed by atoms with Gasteiger partial charge >= 0.3 is 5.97 Å². The maximum Gasteiger partial charge on any atom is 0.367 e. The lowest BCUT2D eigenvalue weighted by atomic mass is 10.2. The number of ether oxygens (including phenoxy) is 1. The van der Waals surface area contributed by atoms with Crippen molar-refractivity contribution in [3.63, 3.8) is 0 Å². The minimum atomic E-state index is -1.50. The highest BCUT2D eigenvalue weighted by atomic mass is 19.1. The van der Waals surface area contributed by atoms with Crippen molar-refractivity contribution in [3.8, 4) is 0 Å². The van der Waals surface area contributed by atoms with Gasteiger partial charge < -0.3 is 15.2 Å². The van der Waals surface area contributed by atoms with E-state index in [4.69, 9.17) is 5.11 Å². The van der Waals surface area contributed by atoms with E-state index in [-0.39, 0.29) is 6.54 Å². The minimum Gasteiger partial charge on any atom is -0.465 e. The number of halogens is 1. The highest BCUT2D eigenvalue weighted by Gasteiger charge is 2.44. The maximum atomic E-state index is 12.8. The molecule has 0 unspecified atom stereocenters. The predicted molar refractivity (Wildman–Crippen MR) is 33.5 cm³/mol. The summed E-state index contributed by atoms with van der Waals surface area (Å²) >= 11 is 0. The first-order valence-corrected chi connectivity index (χ1v) is 3.40. The molecule has 11 heavy (non-hydrogen) atoms. The molecule has 3 atom stereocenters. The lowest BCUT2D eigenvalue weighted by molar-refractivity contribution is -0.663. The van der Waals surface area contributed by atoms with Crippen molar-refractivity contribution >= 4 is 5.97 Å². The molecule has 0 radical (unpaired) electrons. The van der Waals surface area contributed by atoms with Crippen LogP contribution in [0.15, 0.2) is 0 Å². The smallest absolute Gasteiger partial charge is 0.367 e. The van der Waals surface area contributed by atoms with Crippen molar-refractivity contribution in [2.75, 3.05) is 13.7 Å². The molecule has 0 aliphatic carbocycles. The van der Waals surface area contributed by atoms with Crippen LogP contribution in [0.2, 0.25) is 0 Å². The Morgan fingerprint density at radius 3 is 2.82 bits per heavy atom. The first-order valence-electron chi connectivity index (χ1n) is 3.40. The Hall–Kier alpha value is -0.680. The molecule has 0 saturated carbocycles. The molecule has 1 aliphatic rings. The van der Waals surface area contributed by atoms with Gasteiger partial charge in [0.2, 0.25) is 6.04 Å². The van der Waals surface area contributed by atoms with Crippen molar-refractivity contribution in [1.29, 1.82) is 0 Å². The number of quaternary nitrogens is 1. The Bertz CT molecular complexity index is 164. The second-order valence-electron chi connectivity index (χ2n) is 2.53. The molecule has 5 heteroatoms. The summed E-state index contributed by atoms with van der Waals surface area (Å²) in [5.41, 5.74) is 0. The second-order valence-corrected chi connectivity index (χ2v) is 2.53. The van der Waals surface area contributed by atoms with Crippen molar-refractivity contribution in [2.45, 2.75) is 18.3 Å². The van der Waals surface area contributed by atoms with Crippen molar-refractivity contribution < 1.29 is 24.3 Å². The van der Waals surface area contributed by atoms with Gasteiger partial charge in [-0.25, -0.2) is 9.18 Å². The van der Waals surface area contributed by atoms with Crippen LogP contribution in [0.5, 0.6) is 0 Å². The SMILES string of the molecule is COC(=O)[C@H]1[NH2+]C[C@@H](O)[C@H]1F. The average Bonchev–Trinajstić information content (AvgIpc) is 2.32. The molecular weight excluding hydrogens is 153 g/mol. The molecule has 0 aromatic heterocycles. The van der Waals surface area contributed by atoms with Gasteiger partial charge in [0.15, 0.2) is 6.17 Å². The fourth-order valence-electron chi connectivity index (χ4n) is 1.15. The van der Waals surface area contributed by atoms with Gasteiger partial charge in [0.05, 0.1) is 7.11 Å². The molecule has 0 aromatic carbocycles. The molecule has 1 rings (SSSR count). The van der Waals surface area contributed by atoms with E-state index in [9.17, 15) is 9.18 Å². The zero-order valence-corrected chi connectivity index (χ0v) is 6.16. The third-order valence-corrected chi connectivity index (χ3v) is 1.82. The minimum absolute atomic E-state index is 0.223.